The van der Waals surface area contributed by atoms with Crippen LogP contribution in [0.5, 0.6) is 5.75 Å². The Labute approximate surface area is 104 Å². The lowest BCUT2D eigenvalue weighted by Gasteiger charge is -2.33. The molecule has 0 saturated heterocycles. The van der Waals surface area contributed by atoms with Crippen LogP contribution in [0.15, 0.2) is 18.2 Å². The van der Waals surface area contributed by atoms with Gasteiger partial charge in [-0.15, -0.1) is 0 Å². The Hall–Kier alpha value is -2.11. The molecule has 0 fully saturated rings. The molecule has 1 atom stereocenters. The van der Waals surface area contributed by atoms with E-state index in [1.807, 2.05) is 13.8 Å². The van der Waals surface area contributed by atoms with Crippen molar-refractivity contribution in [3.63, 3.8) is 0 Å². The third kappa shape index (κ3) is 1.90. The van der Waals surface area contributed by atoms with E-state index in [2.05, 4.69) is 0 Å². The Kier molecular flexibility index (Phi) is 3.18. The predicted molar refractivity (Wildman–Crippen MR) is 65.8 cm³/mol. The molecule has 0 radical (unpaired) electrons. The number of anilines is 1. The summed E-state index contributed by atoms with van der Waals surface area (Å²) in [5.74, 6) is 0.304. The van der Waals surface area contributed by atoms with Gasteiger partial charge < -0.3 is 9.64 Å². The molecule has 1 heterocycles. The standard InChI is InChI=1S/C12H14N2O4/c1-3-10-12(15)13(4-2)9-6-5-8(14(16)17)7-11(9)18-10/h5-7,10H,3-4H2,1-2H3. The Morgan fingerprint density at radius 3 is 2.72 bits per heavy atom. The van der Waals surface area contributed by atoms with Crippen molar-refractivity contribution in [3.05, 3.63) is 28.3 Å². The van der Waals surface area contributed by atoms with Gasteiger partial charge in [0.1, 0.15) is 0 Å². The number of carbonyl (C=O) groups is 1. The minimum atomic E-state index is -0.556. The van der Waals surface area contributed by atoms with Gasteiger partial charge in [-0.1, -0.05) is 6.92 Å². The van der Waals surface area contributed by atoms with Crippen LogP contribution in [0.4, 0.5) is 11.4 Å². The number of rotatable bonds is 3. The average molecular weight is 250 g/mol. The molecule has 1 aromatic rings. The molecule has 18 heavy (non-hydrogen) atoms. The number of carbonyl (C=O) groups excluding carboxylic acids is 1. The summed E-state index contributed by atoms with van der Waals surface area (Å²) in [6, 6.07) is 4.30. The molecule has 0 N–H and O–H groups in total. The summed E-state index contributed by atoms with van der Waals surface area (Å²) in [6.07, 6.45) is -0.0169. The molecule has 1 unspecified atom stereocenters. The maximum Gasteiger partial charge on any atom is 0.273 e. The summed E-state index contributed by atoms with van der Waals surface area (Å²) in [5, 5.41) is 10.7. The van der Waals surface area contributed by atoms with Crippen molar-refractivity contribution in [2.24, 2.45) is 0 Å². The summed E-state index contributed by atoms with van der Waals surface area (Å²) in [4.78, 5) is 23.9. The minimum Gasteiger partial charge on any atom is -0.478 e. The quantitative estimate of drug-likeness (QED) is 0.608. The first kappa shape index (κ1) is 12.3. The lowest BCUT2D eigenvalue weighted by Crippen LogP contribution is -2.45. The molecule has 96 valence electrons. The molecular formula is C12H14N2O4. The van der Waals surface area contributed by atoms with Crippen molar-refractivity contribution in [2.75, 3.05) is 11.4 Å². The van der Waals surface area contributed by atoms with Gasteiger partial charge in [0, 0.05) is 12.6 Å². The number of benzene rings is 1. The number of nitro groups is 1. The van der Waals surface area contributed by atoms with Gasteiger partial charge in [0.15, 0.2) is 11.9 Å². The van der Waals surface area contributed by atoms with E-state index in [1.54, 1.807) is 11.0 Å². The summed E-state index contributed by atoms with van der Waals surface area (Å²) in [5.41, 5.74) is 0.562. The van der Waals surface area contributed by atoms with Crippen LogP contribution in [0.2, 0.25) is 0 Å². The summed E-state index contributed by atoms with van der Waals surface area (Å²) >= 11 is 0. The minimum absolute atomic E-state index is 0.0333. The van der Waals surface area contributed by atoms with Gasteiger partial charge in [0.25, 0.3) is 11.6 Å². The van der Waals surface area contributed by atoms with E-state index in [0.29, 0.717) is 24.4 Å². The fraction of sp³-hybridized carbons (Fsp3) is 0.417. The first-order valence-corrected chi connectivity index (χ1v) is 5.85. The van der Waals surface area contributed by atoms with Crippen LogP contribution in [0.1, 0.15) is 20.3 Å². The van der Waals surface area contributed by atoms with E-state index in [9.17, 15) is 14.9 Å². The van der Waals surface area contributed by atoms with Gasteiger partial charge in [-0.3, -0.25) is 14.9 Å². The summed E-state index contributed by atoms with van der Waals surface area (Å²) < 4.78 is 5.52. The second-order valence-electron chi connectivity index (χ2n) is 4.01. The molecule has 1 aliphatic heterocycles. The predicted octanol–water partition coefficient (Wildman–Crippen LogP) is 2.12. The smallest absolute Gasteiger partial charge is 0.273 e. The summed E-state index contributed by atoms with van der Waals surface area (Å²) in [7, 11) is 0. The average Bonchev–Trinajstić information content (AvgIpc) is 2.37. The van der Waals surface area contributed by atoms with Gasteiger partial charge >= 0.3 is 0 Å². The van der Waals surface area contributed by atoms with Crippen molar-refractivity contribution >= 4 is 17.3 Å². The van der Waals surface area contributed by atoms with E-state index in [-0.39, 0.29) is 11.6 Å². The number of hydrogen-bond acceptors (Lipinski definition) is 4. The Bertz CT molecular complexity index is 501. The van der Waals surface area contributed by atoms with Crippen molar-refractivity contribution < 1.29 is 14.5 Å². The van der Waals surface area contributed by atoms with Gasteiger partial charge in [-0.05, 0) is 19.4 Å². The van der Waals surface area contributed by atoms with Gasteiger partial charge in [0.2, 0.25) is 0 Å². The zero-order valence-corrected chi connectivity index (χ0v) is 10.3. The highest BCUT2D eigenvalue weighted by molar-refractivity contribution is 6.00. The third-order valence-corrected chi connectivity index (χ3v) is 2.94. The van der Waals surface area contributed by atoms with E-state index in [1.165, 1.54) is 12.1 Å². The first-order valence-electron chi connectivity index (χ1n) is 5.85. The van der Waals surface area contributed by atoms with Gasteiger partial charge in [-0.2, -0.15) is 0 Å². The molecule has 1 amide bonds. The molecule has 0 aromatic heterocycles. The molecule has 1 aromatic carbocycles. The fourth-order valence-corrected chi connectivity index (χ4v) is 2.01. The van der Waals surface area contributed by atoms with Gasteiger partial charge in [0.05, 0.1) is 16.7 Å². The first-order chi connectivity index (χ1) is 8.58. The molecule has 6 heteroatoms. The van der Waals surface area contributed by atoms with Crippen molar-refractivity contribution in [1.82, 2.24) is 0 Å². The van der Waals surface area contributed by atoms with E-state index in [4.69, 9.17) is 4.74 Å². The Morgan fingerprint density at radius 2 is 2.17 bits per heavy atom. The highest BCUT2D eigenvalue weighted by atomic mass is 16.6. The summed E-state index contributed by atoms with van der Waals surface area (Å²) in [6.45, 7) is 4.23. The topological polar surface area (TPSA) is 72.7 Å². The monoisotopic (exact) mass is 250 g/mol. The second kappa shape index (κ2) is 4.64. The Balaban J connectivity index is 2.47. The zero-order valence-electron chi connectivity index (χ0n) is 10.3. The normalized spacial score (nSPS) is 18.2. The number of nitrogens with zero attached hydrogens (tertiary/aromatic N) is 2. The van der Waals surface area contributed by atoms with E-state index < -0.39 is 11.0 Å². The molecule has 1 aliphatic rings. The molecule has 0 saturated carbocycles. The highest BCUT2D eigenvalue weighted by Crippen LogP contribution is 2.37. The molecule has 0 aliphatic carbocycles. The van der Waals surface area contributed by atoms with Crippen LogP contribution in [0.3, 0.4) is 0 Å². The van der Waals surface area contributed by atoms with E-state index in [0.717, 1.165) is 0 Å². The van der Waals surface area contributed by atoms with Crippen molar-refractivity contribution in [2.45, 2.75) is 26.4 Å². The fourth-order valence-electron chi connectivity index (χ4n) is 2.01. The van der Waals surface area contributed by atoms with Crippen molar-refractivity contribution in [1.29, 1.82) is 0 Å². The lowest BCUT2D eigenvalue weighted by atomic mass is 10.1. The van der Waals surface area contributed by atoms with Crippen LogP contribution in [-0.2, 0) is 4.79 Å². The van der Waals surface area contributed by atoms with Crippen LogP contribution < -0.4 is 9.64 Å². The molecule has 2 rings (SSSR count). The number of hydrogen-bond donors (Lipinski definition) is 0. The number of likely N-dealkylation sites (N-methyl/N-ethyl adjacent to an activating group) is 1. The van der Waals surface area contributed by atoms with Crippen LogP contribution in [-0.4, -0.2) is 23.5 Å². The van der Waals surface area contributed by atoms with Gasteiger partial charge in [-0.25, -0.2) is 0 Å². The third-order valence-electron chi connectivity index (χ3n) is 2.94. The number of non-ortho nitro benzene ring substituents is 1. The van der Waals surface area contributed by atoms with E-state index >= 15 is 0 Å². The molecule has 0 bridgehead atoms. The zero-order chi connectivity index (χ0) is 13.3. The molecule has 6 nitrogen and oxygen atoms in total. The number of ether oxygens (including phenoxy) is 1. The lowest BCUT2D eigenvalue weighted by molar-refractivity contribution is -0.384. The van der Waals surface area contributed by atoms with Crippen LogP contribution in [0.25, 0.3) is 0 Å². The van der Waals surface area contributed by atoms with Crippen molar-refractivity contribution in [3.8, 4) is 5.75 Å². The van der Waals surface area contributed by atoms with Crippen LogP contribution in [0, 0.1) is 10.1 Å². The highest BCUT2D eigenvalue weighted by Gasteiger charge is 2.33. The second-order valence-corrected chi connectivity index (χ2v) is 4.01. The Morgan fingerprint density at radius 1 is 1.44 bits per heavy atom. The number of fused-ring (bicyclic) bond motifs is 1. The molecule has 0 spiro atoms. The SMILES string of the molecule is CCC1Oc2cc([N+](=O)[O-])ccc2N(CC)C1=O. The van der Waals surface area contributed by atoms with Crippen LogP contribution >= 0.6 is 0 Å². The number of nitro benzene ring substituents is 1. The molecular weight excluding hydrogens is 236 g/mol. The largest absolute Gasteiger partial charge is 0.478 e. The number of amides is 1. The maximum atomic E-state index is 12.0. The maximum absolute atomic E-state index is 12.0.